The SMILES string of the molecule is COC(=O)c1cccc(Nc2nc(Cc3cccc(C)c3)nc(Cc3cccc(C)c3)n2)c1.CSc1cccc(Nc2nc(Cc3cccc(C)c3)nc(Cc3cccc(C)c3)n2)c1.Cc1cccc(Cc2nc(Cc3cccc(C)c3)nc(Nc3ccc(C(F)(F)F)cc3)n2)c1.Cc1cccc(Cc2nc(Cc3cccc(C)c3)nc(Nc3cccc(C(C)C)c3)n2)c1. The quantitative estimate of drug-likeness (QED) is 0.0277. The van der Waals surface area contributed by atoms with Crippen molar-refractivity contribution >= 4 is 64.3 Å². The van der Waals surface area contributed by atoms with Crippen LogP contribution in [0.25, 0.3) is 0 Å². The minimum absolute atomic E-state index is 0.301. The maximum Gasteiger partial charge on any atom is 0.416 e. The van der Waals surface area contributed by atoms with E-state index in [-0.39, 0.29) is 0 Å². The Morgan fingerprint density at radius 1 is 0.302 bits per heavy atom. The summed E-state index contributed by atoms with van der Waals surface area (Å²) < 4.78 is 43.4. The van der Waals surface area contributed by atoms with Crippen LogP contribution in [0, 0.1) is 55.4 Å². The predicted molar refractivity (Wildman–Crippen MR) is 512 cm³/mol. The fraction of sp³-hybridized carbons (Fsp3) is 0.206. The van der Waals surface area contributed by atoms with Gasteiger partial charge in [0.1, 0.15) is 46.6 Å². The van der Waals surface area contributed by atoms with Gasteiger partial charge in [-0.25, -0.2) is 24.7 Å². The predicted octanol–water partition coefficient (Wildman–Crippen LogP) is 24.3. The molecule has 0 aliphatic carbocycles. The first-order valence-electron chi connectivity index (χ1n) is 42.8. The lowest BCUT2D eigenvalue weighted by atomic mass is 10.0. The van der Waals surface area contributed by atoms with Crippen LogP contribution in [0.15, 0.2) is 296 Å². The number of carbonyl (C=O) groups excluding carboxylic acids is 1. The molecule has 0 bridgehead atoms. The van der Waals surface area contributed by atoms with Gasteiger partial charge in [-0.3, -0.25) is 0 Å². The number of esters is 1. The molecule has 4 aromatic heterocycles. The molecule has 652 valence electrons. The number of ether oxygens (including phenoxy) is 1. The molecular formula is C107H105F3N16O2S. The Hall–Kier alpha value is -14.5. The minimum Gasteiger partial charge on any atom is -0.465 e. The summed E-state index contributed by atoms with van der Waals surface area (Å²) in [5.74, 6) is 7.62. The molecule has 12 aromatic carbocycles. The van der Waals surface area contributed by atoms with Gasteiger partial charge in [0.05, 0.1) is 18.2 Å². The zero-order valence-electron chi connectivity index (χ0n) is 74.7. The van der Waals surface area contributed by atoms with Gasteiger partial charge in [-0.05, 0) is 190 Å². The third-order valence-corrected chi connectivity index (χ3v) is 21.3. The van der Waals surface area contributed by atoms with Crippen LogP contribution < -0.4 is 21.3 Å². The van der Waals surface area contributed by atoms with E-state index in [9.17, 15) is 18.0 Å². The largest absolute Gasteiger partial charge is 0.465 e. The Labute approximate surface area is 757 Å². The molecule has 0 unspecified atom stereocenters. The van der Waals surface area contributed by atoms with Crippen molar-refractivity contribution in [2.24, 2.45) is 0 Å². The maximum atomic E-state index is 12.9. The number of hydrogen-bond donors (Lipinski definition) is 4. The molecule has 0 spiro atoms. The van der Waals surface area contributed by atoms with Gasteiger partial charge < -0.3 is 26.0 Å². The molecule has 0 aliphatic rings. The van der Waals surface area contributed by atoms with E-state index in [1.54, 1.807) is 30.0 Å². The Morgan fingerprint density at radius 3 is 0.806 bits per heavy atom. The summed E-state index contributed by atoms with van der Waals surface area (Å²) in [4.78, 5) is 69.4. The van der Waals surface area contributed by atoms with Crippen LogP contribution in [0.1, 0.15) is 177 Å². The summed E-state index contributed by atoms with van der Waals surface area (Å²) in [5, 5.41) is 13.0. The van der Waals surface area contributed by atoms with Gasteiger partial charge in [-0.15, -0.1) is 11.8 Å². The number of hydrogen-bond acceptors (Lipinski definition) is 19. The molecule has 4 N–H and O–H groups in total. The second-order valence-corrected chi connectivity index (χ2v) is 33.3. The summed E-state index contributed by atoms with van der Waals surface area (Å²) in [7, 11) is 1.36. The van der Waals surface area contributed by atoms with Crippen molar-refractivity contribution in [1.29, 1.82) is 0 Å². The van der Waals surface area contributed by atoms with E-state index in [0.29, 0.717) is 121 Å². The molecule has 0 saturated heterocycles. The molecule has 0 atom stereocenters. The number of carbonyl (C=O) groups is 1. The van der Waals surface area contributed by atoms with E-state index in [0.717, 1.165) is 80.2 Å². The standard InChI is InChI=1S/C28H30N4.C27H26N4O2.C26H23F3N4.C26H26N4S/c1-19(2)24-12-7-13-25(18-24)29-28-31-26(16-22-10-5-8-20(3)14-22)30-27(32-28)17-23-11-6-9-21(4)15-23;1-18-7-4-9-20(13-18)15-24-29-25(16-21-10-5-8-19(2)14-21)31-27(30-24)28-23-12-6-11-22(17-23)26(32)33-3;1-17-5-3-7-19(13-17)15-23-31-24(16-20-8-4-6-18(2)14-20)33-25(32-23)30-22-11-9-21(10-12-22)26(27,28)29;1-18-7-4-9-20(13-18)15-24-28-25(16-21-10-5-8-19(2)14-21)30-26(29-24)27-22-11-6-12-23(17-22)31-3/h5-15,18-19H,16-17H2,1-4H3,(H,29,30,31,32);4-14,17H,15-16H2,1-3H3,(H,28,29,30,31);3-14H,15-16H2,1-2H3,(H,30,31,32,33);4-14,17H,15-16H2,1-3H3,(H,27,28,29,30). The highest BCUT2D eigenvalue weighted by Crippen LogP contribution is 2.32. The van der Waals surface area contributed by atoms with E-state index in [2.05, 4.69) is 290 Å². The first-order valence-corrected chi connectivity index (χ1v) is 44.0. The summed E-state index contributed by atoms with van der Waals surface area (Å²) in [6, 6.07) is 95.3. The number of methoxy groups -OCH3 is 1. The minimum atomic E-state index is -4.38. The number of halogens is 3. The van der Waals surface area contributed by atoms with Crippen molar-refractivity contribution in [3.63, 3.8) is 0 Å². The second-order valence-electron chi connectivity index (χ2n) is 32.5. The molecule has 4 heterocycles. The zero-order chi connectivity index (χ0) is 90.8. The highest BCUT2D eigenvalue weighted by atomic mass is 32.2. The van der Waals surface area contributed by atoms with E-state index in [1.165, 1.54) is 85.3 Å². The lowest BCUT2D eigenvalue weighted by Gasteiger charge is -2.12. The van der Waals surface area contributed by atoms with Crippen molar-refractivity contribution in [2.75, 3.05) is 34.6 Å². The lowest BCUT2D eigenvalue weighted by Crippen LogP contribution is -2.09. The van der Waals surface area contributed by atoms with Crippen LogP contribution in [0.2, 0.25) is 0 Å². The monoisotopic (exact) mass is 1730 g/mol. The van der Waals surface area contributed by atoms with Crippen molar-refractivity contribution in [3.8, 4) is 0 Å². The van der Waals surface area contributed by atoms with Crippen molar-refractivity contribution in [1.82, 2.24) is 59.8 Å². The molecule has 0 fully saturated rings. The molecule has 129 heavy (non-hydrogen) atoms. The molecule has 18 nitrogen and oxygen atoms in total. The van der Waals surface area contributed by atoms with Gasteiger partial charge in [0.25, 0.3) is 0 Å². The zero-order valence-corrected chi connectivity index (χ0v) is 75.5. The lowest BCUT2D eigenvalue weighted by molar-refractivity contribution is -0.137. The van der Waals surface area contributed by atoms with Gasteiger partial charge in [-0.1, -0.05) is 277 Å². The molecule has 16 aromatic rings. The molecule has 22 heteroatoms. The number of alkyl halides is 3. The summed E-state index contributed by atoms with van der Waals surface area (Å²) >= 11 is 1.71. The number of thioether (sulfide) groups is 1. The highest BCUT2D eigenvalue weighted by molar-refractivity contribution is 7.98. The molecule has 16 rings (SSSR count). The van der Waals surface area contributed by atoms with Crippen molar-refractivity contribution < 1.29 is 22.7 Å². The maximum absolute atomic E-state index is 12.9. The van der Waals surface area contributed by atoms with Gasteiger partial charge in [0.15, 0.2) is 0 Å². The number of benzene rings is 12. The number of nitrogens with one attached hydrogen (secondary N) is 4. The smallest absolute Gasteiger partial charge is 0.416 e. The average Bonchev–Trinajstić information content (AvgIpc) is 0.838. The molecule has 0 amide bonds. The fourth-order valence-corrected chi connectivity index (χ4v) is 15.0. The number of nitrogens with zero attached hydrogens (tertiary/aromatic N) is 12. The fourth-order valence-electron chi connectivity index (χ4n) is 14.5. The Bertz CT molecular complexity index is 6250. The van der Waals surface area contributed by atoms with Crippen LogP contribution in [0.5, 0.6) is 0 Å². The van der Waals surface area contributed by atoms with Crippen molar-refractivity contribution in [2.45, 2.75) is 138 Å². The van der Waals surface area contributed by atoms with Crippen LogP contribution in [-0.2, 0) is 62.3 Å². The Morgan fingerprint density at radius 2 is 0.550 bits per heavy atom. The van der Waals surface area contributed by atoms with Gasteiger partial charge in [-0.2, -0.15) is 53.0 Å². The van der Waals surface area contributed by atoms with E-state index in [1.807, 2.05) is 80.6 Å². The molecule has 0 radical (unpaired) electrons. The van der Waals surface area contributed by atoms with Crippen LogP contribution in [0.3, 0.4) is 0 Å². The van der Waals surface area contributed by atoms with Crippen LogP contribution in [-0.4, -0.2) is 79.1 Å². The number of aromatic nitrogens is 12. The average molecular weight is 1740 g/mol. The third kappa shape index (κ3) is 29.3. The van der Waals surface area contributed by atoms with Crippen molar-refractivity contribution in [3.05, 3.63) is 443 Å². The summed E-state index contributed by atoms with van der Waals surface area (Å²) in [6.07, 6.45) is 2.62. The van der Waals surface area contributed by atoms with Crippen LogP contribution >= 0.6 is 11.8 Å². The van der Waals surface area contributed by atoms with Gasteiger partial charge in [0.2, 0.25) is 23.8 Å². The summed E-state index contributed by atoms with van der Waals surface area (Å²) in [6.45, 7) is 21.0. The topological polar surface area (TPSA) is 229 Å². The Kier molecular flexibility index (Phi) is 31.8. The summed E-state index contributed by atoms with van der Waals surface area (Å²) in [5.41, 5.74) is 23.0. The second kappa shape index (κ2) is 44.6. The molecule has 0 saturated carbocycles. The highest BCUT2D eigenvalue weighted by Gasteiger charge is 2.30. The van der Waals surface area contributed by atoms with E-state index >= 15 is 0 Å². The first kappa shape index (κ1) is 92.2. The number of anilines is 8. The van der Waals surface area contributed by atoms with Gasteiger partial charge >= 0.3 is 12.1 Å². The van der Waals surface area contributed by atoms with E-state index < -0.39 is 17.7 Å². The van der Waals surface area contributed by atoms with Gasteiger partial charge in [0, 0.05) is 79.0 Å². The van der Waals surface area contributed by atoms with E-state index in [4.69, 9.17) is 39.6 Å². The normalized spacial score (nSPS) is 11.0. The number of rotatable bonds is 27. The number of aryl methyl sites for hydroxylation is 8. The first-order chi connectivity index (χ1) is 62.2. The Balaban J connectivity index is 0.000000147. The third-order valence-electron chi connectivity index (χ3n) is 20.6. The van der Waals surface area contributed by atoms with Crippen LogP contribution in [0.4, 0.5) is 59.7 Å². The molecule has 0 aliphatic heterocycles. The molecular weight excluding hydrogens is 1630 g/mol.